The normalized spacial score (nSPS) is 26.9. The Balaban J connectivity index is 0.925. The zero-order valence-electron chi connectivity index (χ0n) is 25.7. The molecule has 0 spiro atoms. The van der Waals surface area contributed by atoms with Gasteiger partial charge in [-0.15, -0.1) is 0 Å². The van der Waals surface area contributed by atoms with Crippen LogP contribution in [-0.2, 0) is 23.8 Å². The molecule has 0 bridgehead atoms. The zero-order valence-corrected chi connectivity index (χ0v) is 25.7. The Morgan fingerprint density at radius 1 is 0.795 bits per heavy atom. The first-order valence-corrected chi connectivity index (χ1v) is 15.8. The van der Waals surface area contributed by atoms with Crippen LogP contribution in [-0.4, -0.2) is 102 Å². The number of anilines is 1. The Morgan fingerprint density at radius 2 is 1.39 bits per heavy atom. The molecule has 4 aliphatic heterocycles. The number of ether oxygens (including phenoxy) is 3. The predicted octanol–water partition coefficient (Wildman–Crippen LogP) is 3.02. The van der Waals surface area contributed by atoms with E-state index in [-0.39, 0.29) is 48.9 Å². The molecule has 1 aromatic carbocycles. The van der Waals surface area contributed by atoms with Gasteiger partial charge in [-0.1, -0.05) is 0 Å². The summed E-state index contributed by atoms with van der Waals surface area (Å²) in [4.78, 5) is 67.3. The highest BCUT2D eigenvalue weighted by Crippen LogP contribution is 2.34. The largest absolute Gasteiger partial charge is 0.444 e. The third-order valence-corrected chi connectivity index (χ3v) is 9.15. The second kappa shape index (κ2) is 12.1. The van der Waals surface area contributed by atoms with E-state index in [1.165, 1.54) is 0 Å². The third kappa shape index (κ3) is 6.46. The highest BCUT2D eigenvalue weighted by molar-refractivity contribution is 6.23. The van der Waals surface area contributed by atoms with Gasteiger partial charge in [-0.25, -0.2) is 4.79 Å². The number of amides is 5. The lowest BCUT2D eigenvalue weighted by Gasteiger charge is -2.42. The Kier molecular flexibility index (Phi) is 8.40. The molecule has 1 atom stereocenters. The van der Waals surface area contributed by atoms with Crippen LogP contribution in [0.4, 0.5) is 10.5 Å². The van der Waals surface area contributed by atoms with Crippen molar-refractivity contribution in [3.05, 3.63) is 29.3 Å². The van der Waals surface area contributed by atoms with Crippen LogP contribution in [0.2, 0.25) is 0 Å². The fourth-order valence-corrected chi connectivity index (χ4v) is 6.69. The maximum Gasteiger partial charge on any atom is 0.410 e. The van der Waals surface area contributed by atoms with E-state index in [1.807, 2.05) is 26.8 Å². The molecule has 4 fully saturated rings. The van der Waals surface area contributed by atoms with Gasteiger partial charge in [0.2, 0.25) is 11.8 Å². The van der Waals surface area contributed by atoms with Gasteiger partial charge in [-0.3, -0.25) is 29.4 Å². The number of nitrogens with zero attached hydrogens (tertiary/aromatic N) is 3. The van der Waals surface area contributed by atoms with Crippen LogP contribution in [0.1, 0.15) is 92.9 Å². The first-order valence-electron chi connectivity index (χ1n) is 15.8. The maximum absolute atomic E-state index is 13.2. The molecule has 1 N–H and O–H groups in total. The first-order chi connectivity index (χ1) is 20.9. The van der Waals surface area contributed by atoms with E-state index in [9.17, 15) is 24.0 Å². The lowest BCUT2D eigenvalue weighted by molar-refractivity contribution is -0.153. The van der Waals surface area contributed by atoms with Gasteiger partial charge in [0.15, 0.2) is 0 Å². The van der Waals surface area contributed by atoms with Crippen molar-refractivity contribution in [3.8, 4) is 0 Å². The van der Waals surface area contributed by atoms with Gasteiger partial charge < -0.3 is 24.0 Å². The van der Waals surface area contributed by atoms with Gasteiger partial charge in [0.25, 0.3) is 11.8 Å². The average molecular weight is 611 g/mol. The van der Waals surface area contributed by atoms with Gasteiger partial charge in [0.05, 0.1) is 35.5 Å². The van der Waals surface area contributed by atoms with E-state index in [4.69, 9.17) is 14.2 Å². The molecule has 1 unspecified atom stereocenters. The van der Waals surface area contributed by atoms with Gasteiger partial charge in [-0.2, -0.15) is 0 Å². The number of nitrogens with one attached hydrogen (secondary N) is 1. The highest BCUT2D eigenvalue weighted by atomic mass is 16.6. The average Bonchev–Trinajstić information content (AvgIpc) is 3.20. The molecule has 6 rings (SSSR count). The van der Waals surface area contributed by atoms with Crippen LogP contribution in [0.15, 0.2) is 18.2 Å². The number of benzene rings is 1. The highest BCUT2D eigenvalue weighted by Gasteiger charge is 2.45. The molecule has 4 heterocycles. The number of fused-ring (bicyclic) bond motifs is 1. The van der Waals surface area contributed by atoms with E-state index in [2.05, 4.69) is 10.2 Å². The number of imide groups is 2. The summed E-state index contributed by atoms with van der Waals surface area (Å²) in [5.41, 5.74) is 0.960. The van der Waals surface area contributed by atoms with Crippen molar-refractivity contribution in [2.75, 3.05) is 31.1 Å². The molecule has 44 heavy (non-hydrogen) atoms. The first kappa shape index (κ1) is 30.5. The maximum atomic E-state index is 13.2. The molecule has 1 aliphatic carbocycles. The summed E-state index contributed by atoms with van der Waals surface area (Å²) in [5.74, 6) is -1.98. The van der Waals surface area contributed by atoms with Crippen molar-refractivity contribution < 1.29 is 38.2 Å². The summed E-state index contributed by atoms with van der Waals surface area (Å²) in [5, 5.41) is 2.23. The summed E-state index contributed by atoms with van der Waals surface area (Å²) >= 11 is 0. The molecule has 238 valence electrons. The van der Waals surface area contributed by atoms with Gasteiger partial charge in [-0.05, 0) is 83.9 Å². The number of carbonyl (C=O) groups excluding carboxylic acids is 5. The minimum absolute atomic E-state index is 0.0946. The molecule has 5 aliphatic rings. The van der Waals surface area contributed by atoms with Crippen LogP contribution in [0, 0.1) is 0 Å². The van der Waals surface area contributed by atoms with Crippen LogP contribution in [0.25, 0.3) is 0 Å². The third-order valence-electron chi connectivity index (χ3n) is 9.15. The molecule has 1 saturated carbocycles. The quantitative estimate of drug-likeness (QED) is 0.483. The fraction of sp³-hybridized carbons (Fsp3) is 0.656. The summed E-state index contributed by atoms with van der Waals surface area (Å²) < 4.78 is 18.2. The van der Waals surface area contributed by atoms with E-state index in [0.29, 0.717) is 18.7 Å². The van der Waals surface area contributed by atoms with Gasteiger partial charge >= 0.3 is 6.09 Å². The summed E-state index contributed by atoms with van der Waals surface area (Å²) in [6.45, 7) is 8.47. The Labute approximate surface area is 257 Å². The van der Waals surface area contributed by atoms with Crippen LogP contribution in [0.3, 0.4) is 0 Å². The van der Waals surface area contributed by atoms with Gasteiger partial charge in [0, 0.05) is 38.3 Å². The van der Waals surface area contributed by atoms with Crippen LogP contribution >= 0.6 is 0 Å². The second-order valence-electron chi connectivity index (χ2n) is 13.5. The monoisotopic (exact) mass is 610 g/mol. The van der Waals surface area contributed by atoms with E-state index in [0.717, 1.165) is 62.2 Å². The molecule has 3 saturated heterocycles. The number of hydrogen-bond acceptors (Lipinski definition) is 9. The fourth-order valence-electron chi connectivity index (χ4n) is 6.69. The predicted molar refractivity (Wildman–Crippen MR) is 158 cm³/mol. The van der Waals surface area contributed by atoms with Crippen molar-refractivity contribution in [2.45, 2.75) is 108 Å². The van der Waals surface area contributed by atoms with Crippen molar-refractivity contribution in [1.29, 1.82) is 0 Å². The van der Waals surface area contributed by atoms with E-state index < -0.39 is 35.3 Å². The zero-order chi connectivity index (χ0) is 31.2. The number of likely N-dealkylation sites (tertiary alicyclic amines) is 1. The van der Waals surface area contributed by atoms with E-state index in [1.54, 1.807) is 17.0 Å². The summed E-state index contributed by atoms with van der Waals surface area (Å²) in [7, 11) is 0. The van der Waals surface area contributed by atoms with Crippen molar-refractivity contribution in [3.63, 3.8) is 0 Å². The summed E-state index contributed by atoms with van der Waals surface area (Å²) in [6, 6.07) is 4.29. The number of carbonyl (C=O) groups is 5. The number of hydrogen-bond donors (Lipinski definition) is 1. The SMILES string of the molecule is CC(C)(C)OC(=O)N1CCC(OC2CC(OC3CCN(c4ccc5c(c4)C(=O)N(C4CCC(=O)NC4=O)C5=O)CC3)C2)CC1. The molecule has 12 nitrogen and oxygen atoms in total. The van der Waals surface area contributed by atoms with Crippen molar-refractivity contribution in [1.82, 2.24) is 15.1 Å². The van der Waals surface area contributed by atoms with Crippen molar-refractivity contribution >= 4 is 35.4 Å². The Bertz CT molecular complexity index is 1320. The second-order valence-corrected chi connectivity index (χ2v) is 13.5. The molecule has 1 aromatic rings. The molecular formula is C32H42N4O8. The van der Waals surface area contributed by atoms with Crippen LogP contribution in [0.5, 0.6) is 0 Å². The lowest BCUT2D eigenvalue weighted by atomic mass is 9.90. The molecule has 5 amide bonds. The molecule has 0 aromatic heterocycles. The topological polar surface area (TPSA) is 135 Å². The minimum atomic E-state index is -0.967. The number of rotatable bonds is 6. The smallest absolute Gasteiger partial charge is 0.410 e. The molecule has 0 radical (unpaired) electrons. The standard InChI is InChI=1S/C32H42N4O8/c1-32(2,3)44-31(41)35-14-10-21(11-15-35)43-23-17-22(18-23)42-20-8-12-34(13-9-20)19-4-5-24-25(16-19)30(40)36(29(24)39)26-6-7-27(37)33-28(26)38/h4-5,16,20-23,26H,6-15,17-18H2,1-3H3,(H,33,37,38). The van der Waals surface area contributed by atoms with E-state index >= 15 is 0 Å². The molecular weight excluding hydrogens is 568 g/mol. The molecule has 12 heteroatoms. The van der Waals surface area contributed by atoms with Crippen molar-refractivity contribution in [2.24, 2.45) is 0 Å². The van der Waals surface area contributed by atoms with Crippen LogP contribution < -0.4 is 10.2 Å². The van der Waals surface area contributed by atoms with Gasteiger partial charge in [0.1, 0.15) is 11.6 Å². The Morgan fingerprint density at radius 3 is 1.98 bits per heavy atom. The number of piperidine rings is 3. The Hall–Kier alpha value is -3.51. The summed E-state index contributed by atoms with van der Waals surface area (Å²) in [6.07, 6.45) is 5.82. The lowest BCUT2D eigenvalue weighted by Crippen LogP contribution is -2.54. The minimum Gasteiger partial charge on any atom is -0.444 e.